The fourth-order valence-electron chi connectivity index (χ4n) is 2.20. The lowest BCUT2D eigenvalue weighted by Gasteiger charge is -2.09. The average Bonchev–Trinajstić information content (AvgIpc) is 2.60. The minimum Gasteiger partial charge on any atom is -0.495 e. The van der Waals surface area contributed by atoms with Crippen molar-refractivity contribution in [2.24, 2.45) is 0 Å². The van der Waals surface area contributed by atoms with Crippen molar-refractivity contribution in [3.05, 3.63) is 64.2 Å². The number of amides is 2. The van der Waals surface area contributed by atoms with Gasteiger partial charge in [0.2, 0.25) is 0 Å². The number of aliphatic hydroxyl groups is 1. The molecule has 0 bridgehead atoms. The van der Waals surface area contributed by atoms with Crippen molar-refractivity contribution in [1.82, 2.24) is 10.6 Å². The Balaban J connectivity index is 1.72. The van der Waals surface area contributed by atoms with Crippen molar-refractivity contribution in [2.75, 3.05) is 13.7 Å². The van der Waals surface area contributed by atoms with E-state index in [0.29, 0.717) is 23.9 Å². The first kappa shape index (κ1) is 18.1. The van der Waals surface area contributed by atoms with Gasteiger partial charge in [-0.3, -0.25) is 0 Å². The van der Waals surface area contributed by atoms with Crippen molar-refractivity contribution in [3.63, 3.8) is 0 Å². The predicted octanol–water partition coefficient (Wildman–Crippen LogP) is 2.88. The molecule has 0 heterocycles. The summed E-state index contributed by atoms with van der Waals surface area (Å²) in [5.41, 5.74) is 2.88. The molecule has 0 fully saturated rings. The Bertz CT molecular complexity index is 674. The van der Waals surface area contributed by atoms with Gasteiger partial charge in [0.1, 0.15) is 5.75 Å². The van der Waals surface area contributed by atoms with Crippen molar-refractivity contribution < 1.29 is 14.6 Å². The largest absolute Gasteiger partial charge is 0.495 e. The topological polar surface area (TPSA) is 70.6 Å². The first-order valence-electron chi connectivity index (χ1n) is 7.65. The Hall–Kier alpha value is -2.24. The third-order valence-electron chi connectivity index (χ3n) is 3.57. The van der Waals surface area contributed by atoms with E-state index in [1.165, 1.54) is 0 Å². The Morgan fingerprint density at radius 1 is 1.08 bits per heavy atom. The highest BCUT2D eigenvalue weighted by Gasteiger charge is 2.04. The molecule has 0 atom stereocenters. The van der Waals surface area contributed by atoms with Crippen LogP contribution in [0.25, 0.3) is 0 Å². The average molecular weight is 349 g/mol. The molecule has 0 spiro atoms. The van der Waals surface area contributed by atoms with Crippen molar-refractivity contribution >= 4 is 17.6 Å². The van der Waals surface area contributed by atoms with E-state index < -0.39 is 0 Å². The smallest absolute Gasteiger partial charge is 0.315 e. The van der Waals surface area contributed by atoms with Crippen molar-refractivity contribution in [2.45, 2.75) is 19.6 Å². The molecular weight excluding hydrogens is 328 g/mol. The molecule has 0 saturated carbocycles. The minimum atomic E-state index is -0.228. The minimum absolute atomic E-state index is 0.0380. The van der Waals surface area contributed by atoms with E-state index in [-0.39, 0.29) is 12.6 Å². The number of benzene rings is 2. The van der Waals surface area contributed by atoms with E-state index in [1.807, 2.05) is 30.3 Å². The molecule has 0 radical (unpaired) electrons. The molecule has 3 N–H and O–H groups in total. The van der Waals surface area contributed by atoms with Gasteiger partial charge in [-0.05, 0) is 35.2 Å². The van der Waals surface area contributed by atoms with Crippen LogP contribution in [0.5, 0.6) is 5.75 Å². The second kappa shape index (κ2) is 9.15. The molecule has 0 aromatic heterocycles. The van der Waals surface area contributed by atoms with Crippen LogP contribution < -0.4 is 15.4 Å². The molecule has 0 saturated heterocycles. The van der Waals surface area contributed by atoms with Crippen LogP contribution in [0.2, 0.25) is 5.02 Å². The van der Waals surface area contributed by atoms with Gasteiger partial charge < -0.3 is 20.5 Å². The summed E-state index contributed by atoms with van der Waals surface area (Å²) in [4.78, 5) is 11.8. The van der Waals surface area contributed by atoms with Crippen LogP contribution >= 0.6 is 11.6 Å². The Morgan fingerprint density at radius 3 is 2.38 bits per heavy atom. The van der Waals surface area contributed by atoms with Crippen LogP contribution in [-0.4, -0.2) is 24.8 Å². The van der Waals surface area contributed by atoms with E-state index in [2.05, 4.69) is 10.6 Å². The second-order valence-corrected chi connectivity index (χ2v) is 5.71. The highest BCUT2D eigenvalue weighted by Crippen LogP contribution is 2.24. The number of carbonyl (C=O) groups excluding carboxylic acids is 1. The molecule has 2 rings (SSSR count). The van der Waals surface area contributed by atoms with Gasteiger partial charge in [0.15, 0.2) is 0 Å². The number of urea groups is 1. The third kappa shape index (κ3) is 5.44. The number of halogens is 1. The van der Waals surface area contributed by atoms with Gasteiger partial charge in [0.05, 0.1) is 18.7 Å². The first-order valence-corrected chi connectivity index (χ1v) is 8.03. The monoisotopic (exact) mass is 348 g/mol. The first-order chi connectivity index (χ1) is 11.6. The van der Waals surface area contributed by atoms with Gasteiger partial charge in [0, 0.05) is 13.1 Å². The van der Waals surface area contributed by atoms with E-state index in [4.69, 9.17) is 21.4 Å². The molecular formula is C18H21ClN2O3. The standard InChI is InChI=1S/C18H21ClN2O3/c1-24-17-7-6-15(10-16(17)19)11-21-18(23)20-9-8-13-2-4-14(12-22)5-3-13/h2-7,10,22H,8-9,11-12H2,1H3,(H2,20,21,23). The zero-order valence-corrected chi connectivity index (χ0v) is 14.3. The summed E-state index contributed by atoms with van der Waals surface area (Å²) in [6.07, 6.45) is 0.730. The van der Waals surface area contributed by atoms with Gasteiger partial charge >= 0.3 is 6.03 Å². The maximum absolute atomic E-state index is 11.8. The van der Waals surface area contributed by atoms with E-state index in [0.717, 1.165) is 23.1 Å². The van der Waals surface area contributed by atoms with Crippen LogP contribution in [0.1, 0.15) is 16.7 Å². The number of aliphatic hydroxyl groups excluding tert-OH is 1. The lowest BCUT2D eigenvalue weighted by molar-refractivity contribution is 0.240. The van der Waals surface area contributed by atoms with Crippen molar-refractivity contribution in [1.29, 1.82) is 0 Å². The lowest BCUT2D eigenvalue weighted by Crippen LogP contribution is -2.36. The number of ether oxygens (including phenoxy) is 1. The molecule has 2 amide bonds. The van der Waals surface area contributed by atoms with Crippen molar-refractivity contribution in [3.8, 4) is 5.75 Å². The summed E-state index contributed by atoms with van der Waals surface area (Å²) in [5.74, 6) is 0.608. The molecule has 6 heteroatoms. The number of hydrogen-bond acceptors (Lipinski definition) is 3. The molecule has 5 nitrogen and oxygen atoms in total. The van der Waals surface area contributed by atoms with Crippen LogP contribution in [0.4, 0.5) is 4.79 Å². The predicted molar refractivity (Wildman–Crippen MR) is 94.3 cm³/mol. The molecule has 128 valence electrons. The van der Waals surface area contributed by atoms with Crippen LogP contribution in [0.3, 0.4) is 0 Å². The summed E-state index contributed by atoms with van der Waals surface area (Å²) in [5, 5.41) is 15.1. The zero-order chi connectivity index (χ0) is 17.4. The number of nitrogens with one attached hydrogen (secondary N) is 2. The van der Waals surface area contributed by atoms with Gasteiger partial charge in [-0.1, -0.05) is 41.9 Å². The highest BCUT2D eigenvalue weighted by molar-refractivity contribution is 6.32. The van der Waals surface area contributed by atoms with Gasteiger partial charge in [-0.2, -0.15) is 0 Å². The fourth-order valence-corrected chi connectivity index (χ4v) is 2.48. The quantitative estimate of drug-likeness (QED) is 0.720. The van der Waals surface area contributed by atoms with Crippen LogP contribution in [0.15, 0.2) is 42.5 Å². The normalized spacial score (nSPS) is 10.3. The number of hydrogen-bond donors (Lipinski definition) is 3. The number of carbonyl (C=O) groups is 1. The maximum Gasteiger partial charge on any atom is 0.315 e. The van der Waals surface area contributed by atoms with Gasteiger partial charge in [0.25, 0.3) is 0 Å². The van der Waals surface area contributed by atoms with E-state index in [9.17, 15) is 4.79 Å². The maximum atomic E-state index is 11.8. The third-order valence-corrected chi connectivity index (χ3v) is 3.87. The Labute approximate surface area is 146 Å². The molecule has 24 heavy (non-hydrogen) atoms. The second-order valence-electron chi connectivity index (χ2n) is 5.30. The summed E-state index contributed by atoms with van der Waals surface area (Å²) in [6, 6.07) is 12.8. The molecule has 0 aliphatic rings. The van der Waals surface area contributed by atoms with E-state index >= 15 is 0 Å². The summed E-state index contributed by atoms with van der Waals surface area (Å²) in [7, 11) is 1.56. The highest BCUT2D eigenvalue weighted by atomic mass is 35.5. The molecule has 0 unspecified atom stereocenters. The van der Waals surface area contributed by atoms with Gasteiger partial charge in [-0.25, -0.2) is 4.79 Å². The van der Waals surface area contributed by atoms with Gasteiger partial charge in [-0.15, -0.1) is 0 Å². The SMILES string of the molecule is COc1ccc(CNC(=O)NCCc2ccc(CO)cc2)cc1Cl. The summed E-state index contributed by atoms with van der Waals surface area (Å²) >= 11 is 6.05. The Morgan fingerprint density at radius 2 is 1.75 bits per heavy atom. The summed E-state index contributed by atoms with van der Waals surface area (Å²) < 4.78 is 5.09. The molecule has 2 aromatic carbocycles. The van der Waals surface area contributed by atoms with Crippen LogP contribution in [0, 0.1) is 0 Å². The number of methoxy groups -OCH3 is 1. The molecule has 0 aliphatic carbocycles. The van der Waals surface area contributed by atoms with E-state index in [1.54, 1.807) is 19.2 Å². The number of rotatable bonds is 7. The lowest BCUT2D eigenvalue weighted by atomic mass is 10.1. The summed E-state index contributed by atoms with van der Waals surface area (Å²) in [6.45, 7) is 0.963. The fraction of sp³-hybridized carbons (Fsp3) is 0.278. The zero-order valence-electron chi connectivity index (χ0n) is 13.5. The Kier molecular flexibility index (Phi) is 6.90. The molecule has 0 aliphatic heterocycles. The van der Waals surface area contributed by atoms with Crippen LogP contribution in [-0.2, 0) is 19.6 Å². The molecule has 2 aromatic rings.